The van der Waals surface area contributed by atoms with Crippen molar-refractivity contribution in [2.24, 2.45) is 11.7 Å². The third-order valence-corrected chi connectivity index (χ3v) is 7.42. The first kappa shape index (κ1) is 27.4. The molecule has 208 valence electrons. The topological polar surface area (TPSA) is 125 Å². The molecule has 0 saturated heterocycles. The minimum absolute atomic E-state index is 0.0173. The minimum atomic E-state index is -2.89. The molecule has 9 nitrogen and oxygen atoms in total. The number of alkyl halides is 2. The number of aromatic nitrogens is 4. The number of amides is 2. The van der Waals surface area contributed by atoms with Gasteiger partial charge in [0.15, 0.2) is 0 Å². The number of carbonyl (C=O) groups excluding carboxylic acids is 2. The lowest BCUT2D eigenvalue weighted by molar-refractivity contribution is -0.117. The average molecular weight is 569 g/mol. The van der Waals surface area contributed by atoms with Crippen LogP contribution in [0.3, 0.4) is 0 Å². The van der Waals surface area contributed by atoms with Crippen LogP contribution in [0.4, 0.5) is 8.78 Å². The number of nitrogens with two attached hydrogens (primary N) is 1. The third-order valence-electron chi connectivity index (χ3n) is 7.22. The first-order valence-electron chi connectivity index (χ1n) is 12.9. The molecule has 0 spiro atoms. The number of fused-ring (bicyclic) bond motifs is 1. The van der Waals surface area contributed by atoms with Crippen LogP contribution in [0.1, 0.15) is 53.9 Å². The number of imidazole rings is 1. The second kappa shape index (κ2) is 11.5. The molecule has 1 fully saturated rings. The maximum atomic E-state index is 13.6. The van der Waals surface area contributed by atoms with Crippen molar-refractivity contribution in [3.8, 4) is 5.69 Å². The predicted molar refractivity (Wildman–Crippen MR) is 146 cm³/mol. The van der Waals surface area contributed by atoms with E-state index >= 15 is 0 Å². The van der Waals surface area contributed by atoms with Gasteiger partial charge in [-0.05, 0) is 61.9 Å². The molecule has 3 heterocycles. The van der Waals surface area contributed by atoms with Crippen LogP contribution in [0.15, 0.2) is 59.7 Å². The average Bonchev–Trinajstić information content (AvgIpc) is 3.20. The van der Waals surface area contributed by atoms with Gasteiger partial charge in [-0.2, -0.15) is 0 Å². The molecule has 0 unspecified atom stereocenters. The second-order valence-electron chi connectivity index (χ2n) is 9.95. The summed E-state index contributed by atoms with van der Waals surface area (Å²) in [5.41, 5.74) is 6.87. The standard InChI is InChI=1S/C28H27ClF2N6O3/c29-17-11-21(25(26(30)31)34-13-17)27(39)35-18-7-5-16(6-8-18)15-36-22-3-1-2-4-23(22)37(28(36)40)20-10-9-19(33-14-20)12-24(32)38/h1-4,9-11,13-14,16,18,26H,5-8,12,15H2,(H2,32,38)(H,35,39). The van der Waals surface area contributed by atoms with Crippen LogP contribution in [0.2, 0.25) is 5.02 Å². The summed E-state index contributed by atoms with van der Waals surface area (Å²) in [6, 6.07) is 11.9. The van der Waals surface area contributed by atoms with Crippen LogP contribution >= 0.6 is 11.6 Å². The molecule has 4 aromatic rings. The lowest BCUT2D eigenvalue weighted by atomic mass is 9.85. The Morgan fingerprint density at radius 3 is 2.42 bits per heavy atom. The van der Waals surface area contributed by atoms with Crippen molar-refractivity contribution in [1.29, 1.82) is 0 Å². The van der Waals surface area contributed by atoms with E-state index in [0.29, 0.717) is 30.8 Å². The summed E-state index contributed by atoms with van der Waals surface area (Å²) in [4.78, 5) is 45.5. The summed E-state index contributed by atoms with van der Waals surface area (Å²) in [5, 5.41) is 2.96. The fourth-order valence-corrected chi connectivity index (χ4v) is 5.44. The van der Waals surface area contributed by atoms with E-state index in [2.05, 4.69) is 15.3 Å². The first-order valence-corrected chi connectivity index (χ1v) is 13.3. The van der Waals surface area contributed by atoms with Crippen molar-refractivity contribution >= 4 is 34.4 Å². The van der Waals surface area contributed by atoms with E-state index in [0.717, 1.165) is 30.1 Å². The zero-order valence-corrected chi connectivity index (χ0v) is 22.2. The minimum Gasteiger partial charge on any atom is -0.369 e. The van der Waals surface area contributed by atoms with Crippen LogP contribution in [-0.4, -0.2) is 37.0 Å². The Morgan fingerprint density at radius 1 is 1.05 bits per heavy atom. The Bertz CT molecular complexity index is 1610. The number of hydrogen-bond acceptors (Lipinski definition) is 5. The number of carbonyl (C=O) groups is 2. The van der Waals surface area contributed by atoms with E-state index in [1.807, 2.05) is 24.3 Å². The Balaban J connectivity index is 1.29. The molecule has 0 aliphatic heterocycles. The number of rotatable bonds is 8. The number of halogens is 3. The fourth-order valence-electron chi connectivity index (χ4n) is 5.28. The molecular weight excluding hydrogens is 542 g/mol. The molecular formula is C28H27ClF2N6O3. The van der Waals surface area contributed by atoms with Gasteiger partial charge < -0.3 is 11.1 Å². The molecule has 0 atom stereocenters. The summed E-state index contributed by atoms with van der Waals surface area (Å²) in [7, 11) is 0. The van der Waals surface area contributed by atoms with Crippen LogP contribution in [0, 0.1) is 5.92 Å². The normalized spacial score (nSPS) is 17.3. The molecule has 12 heteroatoms. The molecule has 1 aliphatic carbocycles. The highest BCUT2D eigenvalue weighted by molar-refractivity contribution is 6.30. The number of para-hydroxylation sites is 2. The van der Waals surface area contributed by atoms with Gasteiger partial charge in [-0.1, -0.05) is 23.7 Å². The summed E-state index contributed by atoms with van der Waals surface area (Å²) < 4.78 is 30.0. The molecule has 2 amide bonds. The van der Waals surface area contributed by atoms with E-state index < -0.39 is 23.9 Å². The predicted octanol–water partition coefficient (Wildman–Crippen LogP) is 4.19. The van der Waals surface area contributed by atoms with Crippen molar-refractivity contribution < 1.29 is 18.4 Å². The zero-order valence-electron chi connectivity index (χ0n) is 21.4. The third kappa shape index (κ3) is 5.74. The molecule has 1 saturated carbocycles. The van der Waals surface area contributed by atoms with Gasteiger partial charge in [-0.15, -0.1) is 0 Å². The number of nitrogens with one attached hydrogen (secondary N) is 1. The smallest absolute Gasteiger partial charge is 0.333 e. The monoisotopic (exact) mass is 568 g/mol. The Labute approximate surface area is 233 Å². The first-order chi connectivity index (χ1) is 19.2. The van der Waals surface area contributed by atoms with Crippen molar-refractivity contribution in [3.63, 3.8) is 0 Å². The number of benzene rings is 1. The van der Waals surface area contributed by atoms with Crippen LogP contribution < -0.4 is 16.7 Å². The SMILES string of the molecule is NC(=O)Cc1ccc(-n2c(=O)n(CC3CCC(NC(=O)c4cc(Cl)cnc4C(F)F)CC3)c3ccccc32)cn1. The summed E-state index contributed by atoms with van der Waals surface area (Å²) in [6.07, 6.45) is 2.56. The van der Waals surface area contributed by atoms with Gasteiger partial charge in [-0.25, -0.2) is 13.6 Å². The van der Waals surface area contributed by atoms with E-state index in [4.69, 9.17) is 17.3 Å². The van der Waals surface area contributed by atoms with E-state index in [1.165, 1.54) is 6.07 Å². The highest BCUT2D eigenvalue weighted by atomic mass is 35.5. The van der Waals surface area contributed by atoms with Gasteiger partial charge in [0.25, 0.3) is 12.3 Å². The molecule has 1 aliphatic rings. The quantitative estimate of drug-likeness (QED) is 0.330. The summed E-state index contributed by atoms with van der Waals surface area (Å²) in [6.45, 7) is 0.494. The van der Waals surface area contributed by atoms with Gasteiger partial charge in [0, 0.05) is 24.5 Å². The lowest BCUT2D eigenvalue weighted by Crippen LogP contribution is -2.39. The number of hydrogen-bond donors (Lipinski definition) is 2. The lowest BCUT2D eigenvalue weighted by Gasteiger charge is -2.29. The van der Waals surface area contributed by atoms with Crippen LogP contribution in [-0.2, 0) is 17.8 Å². The molecule has 5 rings (SSSR count). The Morgan fingerprint density at radius 2 is 1.77 bits per heavy atom. The zero-order chi connectivity index (χ0) is 28.4. The van der Waals surface area contributed by atoms with E-state index in [1.54, 1.807) is 27.5 Å². The van der Waals surface area contributed by atoms with E-state index in [-0.39, 0.29) is 34.7 Å². The molecule has 0 radical (unpaired) electrons. The van der Waals surface area contributed by atoms with Crippen molar-refractivity contribution in [1.82, 2.24) is 24.4 Å². The van der Waals surface area contributed by atoms with Gasteiger partial charge >= 0.3 is 5.69 Å². The fraction of sp³-hybridized carbons (Fsp3) is 0.321. The Hall–Kier alpha value is -4.12. The highest BCUT2D eigenvalue weighted by Crippen LogP contribution is 2.29. The van der Waals surface area contributed by atoms with Crippen molar-refractivity contribution in [3.05, 3.63) is 87.3 Å². The Kier molecular flexibility index (Phi) is 7.92. The molecule has 3 aromatic heterocycles. The second-order valence-corrected chi connectivity index (χ2v) is 10.4. The molecule has 3 N–H and O–H groups in total. The van der Waals surface area contributed by atoms with Gasteiger partial charge in [0.1, 0.15) is 5.69 Å². The van der Waals surface area contributed by atoms with Gasteiger partial charge in [-0.3, -0.25) is 28.7 Å². The maximum absolute atomic E-state index is 13.6. The van der Waals surface area contributed by atoms with Crippen molar-refractivity contribution in [2.75, 3.05) is 0 Å². The maximum Gasteiger partial charge on any atom is 0.333 e. The number of pyridine rings is 2. The number of nitrogens with zero attached hydrogens (tertiary/aromatic N) is 4. The largest absolute Gasteiger partial charge is 0.369 e. The van der Waals surface area contributed by atoms with Gasteiger partial charge in [0.2, 0.25) is 5.91 Å². The van der Waals surface area contributed by atoms with Crippen LogP contribution in [0.25, 0.3) is 16.7 Å². The van der Waals surface area contributed by atoms with E-state index in [9.17, 15) is 23.2 Å². The van der Waals surface area contributed by atoms with Crippen LogP contribution in [0.5, 0.6) is 0 Å². The van der Waals surface area contributed by atoms with Crippen molar-refractivity contribution in [2.45, 2.75) is 51.1 Å². The molecule has 0 bridgehead atoms. The van der Waals surface area contributed by atoms with Gasteiger partial charge in [0.05, 0.1) is 39.9 Å². The molecule has 40 heavy (non-hydrogen) atoms. The summed E-state index contributed by atoms with van der Waals surface area (Å²) >= 11 is 5.89. The molecule has 1 aromatic carbocycles. The highest BCUT2D eigenvalue weighted by Gasteiger charge is 2.27. The number of primary amides is 1. The summed E-state index contributed by atoms with van der Waals surface area (Å²) in [5.74, 6) is -0.920.